The molecule has 0 unspecified atom stereocenters. The molecule has 0 bridgehead atoms. The molecule has 0 aromatic rings. The Balaban J connectivity index is 2.42. The Bertz CT molecular complexity index is 295. The van der Waals surface area contributed by atoms with E-state index in [1.54, 1.807) is 0 Å². The maximum Gasteiger partial charge on any atom is 0.407 e. The Kier molecular flexibility index (Phi) is 5.44. The molecule has 1 amide bonds. The quantitative estimate of drug-likeness (QED) is 0.793. The molecule has 18 heavy (non-hydrogen) atoms. The summed E-state index contributed by atoms with van der Waals surface area (Å²) in [5.41, 5.74) is -0.797. The van der Waals surface area contributed by atoms with Crippen molar-refractivity contribution in [3.63, 3.8) is 0 Å². The van der Waals surface area contributed by atoms with Gasteiger partial charge in [-0.3, -0.25) is 4.79 Å². The van der Waals surface area contributed by atoms with Crippen LogP contribution < -0.4 is 5.32 Å². The van der Waals surface area contributed by atoms with Gasteiger partial charge in [0.2, 0.25) is 0 Å². The fourth-order valence-electron chi connectivity index (χ4n) is 2.23. The summed E-state index contributed by atoms with van der Waals surface area (Å²) in [5, 5.41) is 11.9. The van der Waals surface area contributed by atoms with Crippen LogP contribution >= 0.6 is 0 Å². The molecule has 5 heteroatoms. The number of carboxylic acid groups (broad SMARTS) is 1. The van der Waals surface area contributed by atoms with Crippen molar-refractivity contribution in [2.24, 2.45) is 11.3 Å². The van der Waals surface area contributed by atoms with E-state index in [4.69, 9.17) is 4.74 Å². The van der Waals surface area contributed by atoms with Crippen LogP contribution in [0.3, 0.4) is 0 Å². The average molecular weight is 257 g/mol. The van der Waals surface area contributed by atoms with Gasteiger partial charge in [-0.25, -0.2) is 4.79 Å². The minimum absolute atomic E-state index is 0.166. The lowest BCUT2D eigenvalue weighted by molar-refractivity contribution is -0.150. The molecule has 104 valence electrons. The highest BCUT2D eigenvalue weighted by molar-refractivity contribution is 5.76. The molecule has 0 aromatic heterocycles. The maximum atomic E-state index is 11.4. The van der Waals surface area contributed by atoms with Crippen molar-refractivity contribution in [3.05, 3.63) is 0 Å². The van der Waals surface area contributed by atoms with Crippen molar-refractivity contribution in [2.45, 2.75) is 46.0 Å². The SMILES string of the molecule is CC(C)COC(=O)NCC1(C(=O)O)CCCCC1. The fourth-order valence-corrected chi connectivity index (χ4v) is 2.23. The van der Waals surface area contributed by atoms with Gasteiger partial charge in [0, 0.05) is 6.54 Å². The number of carboxylic acids is 1. The van der Waals surface area contributed by atoms with Gasteiger partial charge >= 0.3 is 12.1 Å². The summed E-state index contributed by atoms with van der Waals surface area (Å²) in [5.74, 6) is -0.537. The zero-order chi connectivity index (χ0) is 13.6. The first-order valence-electron chi connectivity index (χ1n) is 6.60. The molecule has 5 nitrogen and oxygen atoms in total. The van der Waals surface area contributed by atoms with Gasteiger partial charge in [-0.1, -0.05) is 33.1 Å². The van der Waals surface area contributed by atoms with Crippen LogP contribution in [-0.4, -0.2) is 30.3 Å². The van der Waals surface area contributed by atoms with Gasteiger partial charge in [0.05, 0.1) is 12.0 Å². The largest absolute Gasteiger partial charge is 0.481 e. The lowest BCUT2D eigenvalue weighted by Crippen LogP contribution is -2.44. The van der Waals surface area contributed by atoms with E-state index in [1.165, 1.54) is 0 Å². The first-order chi connectivity index (χ1) is 8.46. The van der Waals surface area contributed by atoms with Gasteiger partial charge in [-0.2, -0.15) is 0 Å². The van der Waals surface area contributed by atoms with Gasteiger partial charge in [0.25, 0.3) is 0 Å². The number of aliphatic carboxylic acids is 1. The highest BCUT2D eigenvalue weighted by atomic mass is 16.5. The van der Waals surface area contributed by atoms with Gasteiger partial charge in [-0.05, 0) is 18.8 Å². The number of carbonyl (C=O) groups is 2. The summed E-state index contributed by atoms with van der Waals surface area (Å²) in [6.45, 7) is 4.42. The molecule has 0 aromatic carbocycles. The van der Waals surface area contributed by atoms with Gasteiger partial charge < -0.3 is 15.2 Å². The summed E-state index contributed by atoms with van der Waals surface area (Å²) in [7, 11) is 0. The Morgan fingerprint density at radius 1 is 1.28 bits per heavy atom. The predicted molar refractivity (Wildman–Crippen MR) is 67.3 cm³/mol. The van der Waals surface area contributed by atoms with Crippen molar-refractivity contribution >= 4 is 12.1 Å². The number of carbonyl (C=O) groups excluding carboxylic acids is 1. The Morgan fingerprint density at radius 2 is 1.89 bits per heavy atom. The van der Waals surface area contributed by atoms with E-state index in [2.05, 4.69) is 5.32 Å². The summed E-state index contributed by atoms with van der Waals surface area (Å²) >= 11 is 0. The lowest BCUT2D eigenvalue weighted by Gasteiger charge is -2.33. The summed E-state index contributed by atoms with van der Waals surface area (Å²) in [4.78, 5) is 22.8. The second-order valence-electron chi connectivity index (χ2n) is 5.49. The molecule has 1 rings (SSSR count). The third-order valence-electron chi connectivity index (χ3n) is 3.38. The first kappa shape index (κ1) is 14.8. The normalized spacial score (nSPS) is 18.4. The third kappa shape index (κ3) is 4.20. The highest BCUT2D eigenvalue weighted by Gasteiger charge is 2.39. The van der Waals surface area contributed by atoms with Crippen LogP contribution in [0, 0.1) is 11.3 Å². The Morgan fingerprint density at radius 3 is 2.39 bits per heavy atom. The smallest absolute Gasteiger partial charge is 0.407 e. The van der Waals surface area contributed by atoms with Crippen molar-refractivity contribution in [2.75, 3.05) is 13.2 Å². The average Bonchev–Trinajstić information content (AvgIpc) is 2.34. The van der Waals surface area contributed by atoms with E-state index in [0.29, 0.717) is 19.4 Å². The molecule has 0 spiro atoms. The molecule has 0 heterocycles. The monoisotopic (exact) mass is 257 g/mol. The number of nitrogens with one attached hydrogen (secondary N) is 1. The van der Waals surface area contributed by atoms with Crippen molar-refractivity contribution < 1.29 is 19.4 Å². The molecular formula is C13H23NO4. The molecule has 1 aliphatic carbocycles. The Hall–Kier alpha value is -1.26. The van der Waals surface area contributed by atoms with Crippen molar-refractivity contribution in [1.29, 1.82) is 0 Å². The highest BCUT2D eigenvalue weighted by Crippen LogP contribution is 2.35. The second-order valence-corrected chi connectivity index (χ2v) is 5.49. The van der Waals surface area contributed by atoms with E-state index in [1.807, 2.05) is 13.8 Å². The van der Waals surface area contributed by atoms with Crippen molar-refractivity contribution in [3.8, 4) is 0 Å². The molecule has 0 aliphatic heterocycles. The van der Waals surface area contributed by atoms with Crippen LogP contribution in [0.4, 0.5) is 4.79 Å². The number of rotatable bonds is 5. The number of hydrogen-bond acceptors (Lipinski definition) is 3. The maximum absolute atomic E-state index is 11.4. The van der Waals surface area contributed by atoms with E-state index in [-0.39, 0.29) is 12.5 Å². The molecule has 1 saturated carbocycles. The van der Waals surface area contributed by atoms with Crippen molar-refractivity contribution in [1.82, 2.24) is 5.32 Å². The number of hydrogen-bond donors (Lipinski definition) is 2. The number of alkyl carbamates (subject to hydrolysis) is 1. The van der Waals surface area contributed by atoms with Crippen LogP contribution in [-0.2, 0) is 9.53 Å². The van der Waals surface area contributed by atoms with Crippen LogP contribution in [0.25, 0.3) is 0 Å². The minimum Gasteiger partial charge on any atom is -0.481 e. The molecule has 0 atom stereocenters. The Labute approximate surface area is 108 Å². The van der Waals surface area contributed by atoms with E-state index < -0.39 is 17.5 Å². The molecule has 0 radical (unpaired) electrons. The van der Waals surface area contributed by atoms with Crippen LogP contribution in [0.1, 0.15) is 46.0 Å². The zero-order valence-corrected chi connectivity index (χ0v) is 11.2. The molecule has 1 aliphatic rings. The van der Waals surface area contributed by atoms with Gasteiger partial charge in [0.15, 0.2) is 0 Å². The molecule has 0 saturated heterocycles. The topological polar surface area (TPSA) is 75.6 Å². The molecule has 1 fully saturated rings. The first-order valence-corrected chi connectivity index (χ1v) is 6.60. The third-order valence-corrected chi connectivity index (χ3v) is 3.38. The molecular weight excluding hydrogens is 234 g/mol. The van der Waals surface area contributed by atoms with E-state index >= 15 is 0 Å². The number of ether oxygens (including phenoxy) is 1. The summed E-state index contributed by atoms with van der Waals surface area (Å²) in [6.07, 6.45) is 3.64. The minimum atomic E-state index is -0.814. The zero-order valence-electron chi connectivity index (χ0n) is 11.2. The summed E-state index contributed by atoms with van der Waals surface area (Å²) < 4.78 is 4.98. The van der Waals surface area contributed by atoms with Crippen LogP contribution in [0.2, 0.25) is 0 Å². The summed E-state index contributed by atoms with van der Waals surface area (Å²) in [6, 6.07) is 0. The van der Waals surface area contributed by atoms with Gasteiger partial charge in [0.1, 0.15) is 0 Å². The van der Waals surface area contributed by atoms with E-state index in [0.717, 1.165) is 19.3 Å². The van der Waals surface area contributed by atoms with Crippen LogP contribution in [0.5, 0.6) is 0 Å². The predicted octanol–water partition coefficient (Wildman–Crippen LogP) is 2.40. The second kappa shape index (κ2) is 6.61. The number of amides is 1. The van der Waals surface area contributed by atoms with Crippen LogP contribution in [0.15, 0.2) is 0 Å². The molecule has 2 N–H and O–H groups in total. The lowest BCUT2D eigenvalue weighted by atomic mass is 9.74. The van der Waals surface area contributed by atoms with Gasteiger partial charge in [-0.15, -0.1) is 0 Å². The van der Waals surface area contributed by atoms with E-state index in [9.17, 15) is 14.7 Å². The fraction of sp³-hybridized carbons (Fsp3) is 0.846. The standard InChI is InChI=1S/C13H23NO4/c1-10(2)8-18-12(17)14-9-13(11(15)16)6-4-3-5-7-13/h10H,3-9H2,1-2H3,(H,14,17)(H,15,16).